The van der Waals surface area contributed by atoms with Crippen LogP contribution in [0.2, 0.25) is 0 Å². The Balaban J connectivity index is 1.83. The molecule has 2 aromatic heterocycles. The summed E-state index contributed by atoms with van der Waals surface area (Å²) in [5.41, 5.74) is 2.00. The fraction of sp³-hybridized carbons (Fsp3) is 0.294. The van der Waals surface area contributed by atoms with Crippen molar-refractivity contribution in [3.63, 3.8) is 0 Å². The molecular weight excluding hydrogens is 313 g/mol. The van der Waals surface area contributed by atoms with Gasteiger partial charge >= 0.3 is 0 Å². The third-order valence-electron chi connectivity index (χ3n) is 3.43. The number of hydrogen-bond donors (Lipinski definition) is 1. The van der Waals surface area contributed by atoms with Crippen molar-refractivity contribution in [3.05, 3.63) is 36.5 Å². The molecule has 6 nitrogen and oxygen atoms in total. The van der Waals surface area contributed by atoms with Gasteiger partial charge in [-0.2, -0.15) is 0 Å². The molecule has 126 valence electrons. The van der Waals surface area contributed by atoms with Crippen LogP contribution in [0.1, 0.15) is 0 Å². The van der Waals surface area contributed by atoms with Crippen molar-refractivity contribution in [1.82, 2.24) is 9.97 Å². The summed E-state index contributed by atoms with van der Waals surface area (Å²) in [6.45, 7) is -0.949. The number of ether oxygens (including phenoxy) is 1. The number of aliphatic hydroxyl groups is 1. The van der Waals surface area contributed by atoms with Gasteiger partial charge in [-0.25, -0.2) is 14.4 Å². The van der Waals surface area contributed by atoms with Crippen molar-refractivity contribution in [3.8, 4) is 17.2 Å². The first-order chi connectivity index (χ1) is 11.6. The van der Waals surface area contributed by atoms with Crippen molar-refractivity contribution >= 4 is 16.9 Å². The Morgan fingerprint density at radius 1 is 1.29 bits per heavy atom. The van der Waals surface area contributed by atoms with E-state index in [1.165, 1.54) is 0 Å². The smallest absolute Gasteiger partial charge is 0.228 e. The molecule has 0 radical (unpaired) electrons. The number of aliphatic hydroxyl groups excluding tert-OH is 1. The molecule has 0 spiro atoms. The molecule has 24 heavy (non-hydrogen) atoms. The fourth-order valence-electron chi connectivity index (χ4n) is 2.13. The number of nitrogens with zero attached hydrogens (tertiary/aromatic N) is 3. The van der Waals surface area contributed by atoms with Gasteiger partial charge in [-0.1, -0.05) is 0 Å². The molecule has 1 N–H and O–H groups in total. The first-order valence-corrected chi connectivity index (χ1v) is 7.48. The lowest BCUT2D eigenvalue weighted by Gasteiger charge is -2.10. The summed E-state index contributed by atoms with van der Waals surface area (Å²) in [7, 11) is 3.84. The van der Waals surface area contributed by atoms with Gasteiger partial charge in [0.25, 0.3) is 0 Å². The molecular formula is C17H18FN3O3. The van der Waals surface area contributed by atoms with Crippen LogP contribution in [-0.2, 0) is 0 Å². The maximum absolute atomic E-state index is 12.2. The van der Waals surface area contributed by atoms with Crippen molar-refractivity contribution in [1.29, 1.82) is 0 Å². The molecule has 1 atom stereocenters. The number of oxazole rings is 1. The van der Waals surface area contributed by atoms with Gasteiger partial charge in [0.2, 0.25) is 5.89 Å². The van der Waals surface area contributed by atoms with Gasteiger partial charge in [-0.15, -0.1) is 0 Å². The zero-order valence-electron chi connectivity index (χ0n) is 13.4. The number of pyridine rings is 1. The number of aromatic nitrogens is 2. The predicted molar refractivity (Wildman–Crippen MR) is 89.0 cm³/mol. The lowest BCUT2D eigenvalue weighted by molar-refractivity contribution is 0.0842. The Kier molecular flexibility index (Phi) is 4.61. The van der Waals surface area contributed by atoms with Crippen LogP contribution in [-0.4, -0.2) is 48.6 Å². The van der Waals surface area contributed by atoms with E-state index in [1.54, 1.807) is 24.4 Å². The van der Waals surface area contributed by atoms with Crippen LogP contribution in [0.3, 0.4) is 0 Å². The van der Waals surface area contributed by atoms with E-state index in [0.717, 1.165) is 11.4 Å². The second-order valence-electron chi connectivity index (χ2n) is 5.57. The van der Waals surface area contributed by atoms with Crippen LogP contribution in [0.5, 0.6) is 5.75 Å². The van der Waals surface area contributed by atoms with Crippen molar-refractivity contribution < 1.29 is 18.7 Å². The summed E-state index contributed by atoms with van der Waals surface area (Å²) >= 11 is 0. The van der Waals surface area contributed by atoms with Crippen LogP contribution >= 0.6 is 0 Å². The van der Waals surface area contributed by atoms with E-state index in [-0.39, 0.29) is 6.61 Å². The van der Waals surface area contributed by atoms with Crippen LogP contribution in [0.25, 0.3) is 22.6 Å². The van der Waals surface area contributed by atoms with Gasteiger partial charge in [0.15, 0.2) is 5.58 Å². The third-order valence-corrected chi connectivity index (χ3v) is 3.43. The summed E-state index contributed by atoms with van der Waals surface area (Å²) in [5, 5.41) is 9.20. The highest BCUT2D eigenvalue weighted by Gasteiger charge is 2.11. The zero-order chi connectivity index (χ0) is 17.1. The molecule has 0 fully saturated rings. The highest BCUT2D eigenvalue weighted by molar-refractivity contribution is 5.77. The third kappa shape index (κ3) is 3.46. The molecule has 2 heterocycles. The van der Waals surface area contributed by atoms with Crippen LogP contribution < -0.4 is 9.64 Å². The molecule has 1 aromatic carbocycles. The molecule has 0 saturated heterocycles. The molecule has 0 aliphatic heterocycles. The van der Waals surface area contributed by atoms with Gasteiger partial charge in [0.05, 0.1) is 5.56 Å². The zero-order valence-corrected chi connectivity index (χ0v) is 13.4. The summed E-state index contributed by atoms with van der Waals surface area (Å²) < 4.78 is 23.3. The summed E-state index contributed by atoms with van der Waals surface area (Å²) in [6.07, 6.45) is 0.574. The highest BCUT2D eigenvalue weighted by Crippen LogP contribution is 2.27. The molecule has 0 unspecified atom stereocenters. The molecule has 0 aliphatic carbocycles. The van der Waals surface area contributed by atoms with Gasteiger partial charge in [0.1, 0.15) is 36.5 Å². The first kappa shape index (κ1) is 16.2. The predicted octanol–water partition coefficient (Wildman–Crippen LogP) is 2.67. The SMILES string of the molecule is CN(C)c1ccc(-c2nc3cc(OC[C@H](O)CF)ccc3o2)cn1. The summed E-state index contributed by atoms with van der Waals surface area (Å²) in [5.74, 6) is 1.80. The number of benzene rings is 1. The standard InChI is InChI=1S/C17H18FN3O3/c1-21(2)16-6-3-11(9-19-16)17-20-14-7-13(4-5-15(14)24-17)23-10-12(22)8-18/h3-7,9,12,22H,8,10H2,1-2H3/t12-/m1/s1. The quantitative estimate of drug-likeness (QED) is 0.749. The topological polar surface area (TPSA) is 71.6 Å². The number of hydrogen-bond acceptors (Lipinski definition) is 6. The van der Waals surface area contributed by atoms with E-state index in [1.807, 2.05) is 31.1 Å². The number of anilines is 1. The molecule has 3 aromatic rings. The Morgan fingerprint density at radius 3 is 2.79 bits per heavy atom. The monoisotopic (exact) mass is 331 g/mol. The average Bonchev–Trinajstić information content (AvgIpc) is 3.03. The lowest BCUT2D eigenvalue weighted by atomic mass is 10.3. The fourth-order valence-corrected chi connectivity index (χ4v) is 2.13. The van der Waals surface area contributed by atoms with Crippen molar-refractivity contribution in [2.75, 3.05) is 32.3 Å². The minimum Gasteiger partial charge on any atom is -0.491 e. The van der Waals surface area contributed by atoms with Gasteiger partial charge in [0, 0.05) is 26.4 Å². The van der Waals surface area contributed by atoms with Crippen molar-refractivity contribution in [2.24, 2.45) is 0 Å². The van der Waals surface area contributed by atoms with E-state index in [4.69, 9.17) is 9.15 Å². The van der Waals surface area contributed by atoms with E-state index in [2.05, 4.69) is 9.97 Å². The molecule has 0 saturated carbocycles. The van der Waals surface area contributed by atoms with Crippen LogP contribution in [0, 0.1) is 0 Å². The molecule has 0 amide bonds. The Labute approximate surface area is 138 Å². The lowest BCUT2D eigenvalue weighted by Crippen LogP contribution is -2.19. The van der Waals surface area contributed by atoms with Gasteiger partial charge in [-0.3, -0.25) is 0 Å². The number of halogens is 1. The van der Waals surface area contributed by atoms with Crippen LogP contribution in [0.15, 0.2) is 40.9 Å². The largest absolute Gasteiger partial charge is 0.491 e. The Morgan fingerprint density at radius 2 is 2.12 bits per heavy atom. The van der Waals surface area contributed by atoms with E-state index in [0.29, 0.717) is 22.7 Å². The molecule has 7 heteroatoms. The van der Waals surface area contributed by atoms with E-state index < -0.39 is 12.8 Å². The van der Waals surface area contributed by atoms with Gasteiger partial charge < -0.3 is 19.2 Å². The molecule has 3 rings (SSSR count). The number of alkyl halides is 1. The highest BCUT2D eigenvalue weighted by atomic mass is 19.1. The maximum Gasteiger partial charge on any atom is 0.228 e. The average molecular weight is 331 g/mol. The first-order valence-electron chi connectivity index (χ1n) is 7.48. The van der Waals surface area contributed by atoms with Gasteiger partial charge in [-0.05, 0) is 24.3 Å². The van der Waals surface area contributed by atoms with Crippen LogP contribution in [0.4, 0.5) is 10.2 Å². The minimum atomic E-state index is -1.13. The Bertz CT molecular complexity index is 818. The Hall–Kier alpha value is -2.67. The second-order valence-corrected chi connectivity index (χ2v) is 5.57. The molecule has 0 bridgehead atoms. The number of rotatable bonds is 6. The van der Waals surface area contributed by atoms with E-state index in [9.17, 15) is 9.50 Å². The summed E-state index contributed by atoms with van der Waals surface area (Å²) in [6, 6.07) is 8.88. The van der Waals surface area contributed by atoms with Crippen molar-refractivity contribution in [2.45, 2.75) is 6.10 Å². The van der Waals surface area contributed by atoms with E-state index >= 15 is 0 Å². The number of fused-ring (bicyclic) bond motifs is 1. The normalized spacial score (nSPS) is 12.3. The maximum atomic E-state index is 12.2. The second kappa shape index (κ2) is 6.84. The molecule has 0 aliphatic rings. The minimum absolute atomic E-state index is 0.108. The summed E-state index contributed by atoms with van der Waals surface area (Å²) in [4.78, 5) is 10.7.